The molecule has 0 fully saturated rings. The van der Waals surface area contributed by atoms with E-state index in [1.54, 1.807) is 6.07 Å². The van der Waals surface area contributed by atoms with Crippen LogP contribution >= 0.6 is 0 Å². The van der Waals surface area contributed by atoms with Crippen LogP contribution in [-0.2, 0) is 6.42 Å². The second kappa shape index (κ2) is 5.11. The highest BCUT2D eigenvalue weighted by atomic mass is 16.5. The van der Waals surface area contributed by atoms with Gasteiger partial charge in [-0.1, -0.05) is 26.0 Å². The molecule has 0 saturated carbocycles. The molecule has 18 heavy (non-hydrogen) atoms. The van der Waals surface area contributed by atoms with Crippen molar-refractivity contribution in [2.45, 2.75) is 45.1 Å². The number of hydrogen-bond acceptors (Lipinski definition) is 3. The molecule has 1 aromatic carbocycles. The van der Waals surface area contributed by atoms with Crippen molar-refractivity contribution in [3.63, 3.8) is 0 Å². The van der Waals surface area contributed by atoms with E-state index in [9.17, 15) is 9.90 Å². The monoisotopic (exact) mass is 248 g/mol. The highest BCUT2D eigenvalue weighted by Crippen LogP contribution is 2.32. The van der Waals surface area contributed by atoms with Crippen molar-refractivity contribution in [1.29, 1.82) is 0 Å². The molecule has 0 amide bonds. The van der Waals surface area contributed by atoms with Gasteiger partial charge in [0.05, 0.1) is 12.2 Å². The van der Waals surface area contributed by atoms with Gasteiger partial charge in [-0.2, -0.15) is 0 Å². The van der Waals surface area contributed by atoms with E-state index in [4.69, 9.17) is 4.74 Å². The van der Waals surface area contributed by atoms with E-state index in [1.165, 1.54) is 0 Å². The smallest absolute Gasteiger partial charge is 0.198 e. The van der Waals surface area contributed by atoms with Crippen molar-refractivity contribution in [1.82, 2.24) is 0 Å². The Kier molecular flexibility index (Phi) is 3.71. The molecule has 1 aromatic rings. The van der Waals surface area contributed by atoms with Gasteiger partial charge in [-0.25, -0.2) is 0 Å². The zero-order chi connectivity index (χ0) is 13.2. The van der Waals surface area contributed by atoms with Crippen molar-refractivity contribution in [2.24, 2.45) is 0 Å². The third-order valence-electron chi connectivity index (χ3n) is 3.77. The van der Waals surface area contributed by atoms with Crippen LogP contribution in [0.3, 0.4) is 0 Å². The third-order valence-corrected chi connectivity index (χ3v) is 3.77. The number of aliphatic hydroxyl groups is 1. The maximum atomic E-state index is 12.5. The summed E-state index contributed by atoms with van der Waals surface area (Å²) in [5.41, 5.74) is 0.329. The van der Waals surface area contributed by atoms with Gasteiger partial charge in [-0.05, 0) is 37.3 Å². The average Bonchev–Trinajstić information content (AvgIpc) is 2.45. The van der Waals surface area contributed by atoms with E-state index < -0.39 is 5.60 Å². The first-order valence-electron chi connectivity index (χ1n) is 6.64. The number of ketones is 1. The number of carbonyl (C=O) groups is 1. The fraction of sp³-hybridized carbons (Fsp3) is 0.533. The molecule has 0 aliphatic carbocycles. The number of carbonyl (C=O) groups excluding carboxylic acids is 1. The molecule has 98 valence electrons. The molecule has 0 radical (unpaired) electrons. The Morgan fingerprint density at radius 1 is 1.39 bits per heavy atom. The van der Waals surface area contributed by atoms with Gasteiger partial charge < -0.3 is 9.84 Å². The van der Waals surface area contributed by atoms with Crippen molar-refractivity contribution in [3.8, 4) is 5.75 Å². The average molecular weight is 248 g/mol. The van der Waals surface area contributed by atoms with Gasteiger partial charge >= 0.3 is 0 Å². The summed E-state index contributed by atoms with van der Waals surface area (Å²) in [4.78, 5) is 12.5. The van der Waals surface area contributed by atoms with Crippen LogP contribution in [0.4, 0.5) is 0 Å². The molecule has 0 unspecified atom stereocenters. The molecule has 0 atom stereocenters. The van der Waals surface area contributed by atoms with Crippen LogP contribution in [0.1, 0.15) is 49.0 Å². The summed E-state index contributed by atoms with van der Waals surface area (Å²) in [5.74, 6) is 0.459. The summed E-state index contributed by atoms with van der Waals surface area (Å²) in [7, 11) is 0. The molecule has 2 rings (SSSR count). The number of benzene rings is 1. The predicted octanol–water partition coefficient (Wildman–Crippen LogP) is 2.75. The lowest BCUT2D eigenvalue weighted by Crippen LogP contribution is -2.37. The van der Waals surface area contributed by atoms with E-state index >= 15 is 0 Å². The first-order chi connectivity index (χ1) is 8.62. The van der Waals surface area contributed by atoms with Gasteiger partial charge in [-0.3, -0.25) is 4.79 Å². The Balaban J connectivity index is 2.42. The van der Waals surface area contributed by atoms with Gasteiger partial charge in [0, 0.05) is 0 Å². The van der Waals surface area contributed by atoms with E-state index in [2.05, 4.69) is 0 Å². The summed E-state index contributed by atoms with van der Waals surface area (Å²) in [6.07, 6.45) is 2.77. The zero-order valence-electron chi connectivity index (χ0n) is 11.0. The topological polar surface area (TPSA) is 46.5 Å². The number of rotatable bonds is 4. The molecule has 0 bridgehead atoms. The summed E-state index contributed by atoms with van der Waals surface area (Å²) in [5, 5.41) is 10.3. The summed E-state index contributed by atoms with van der Waals surface area (Å²) in [6.45, 7) is 4.31. The predicted molar refractivity (Wildman–Crippen MR) is 70.1 cm³/mol. The van der Waals surface area contributed by atoms with E-state index in [1.807, 2.05) is 26.0 Å². The molecule has 1 aliphatic heterocycles. The van der Waals surface area contributed by atoms with Crippen molar-refractivity contribution in [2.75, 3.05) is 6.61 Å². The molecular formula is C15H20O3. The maximum Gasteiger partial charge on any atom is 0.198 e. The molecular weight excluding hydrogens is 228 g/mol. The Labute approximate surface area is 108 Å². The van der Waals surface area contributed by atoms with Gasteiger partial charge in [0.2, 0.25) is 0 Å². The number of Topliss-reactive ketones (excluding diaryl/α,β-unsaturated/α-hetero) is 1. The van der Waals surface area contributed by atoms with Crippen LogP contribution < -0.4 is 4.74 Å². The van der Waals surface area contributed by atoms with Crippen LogP contribution in [0.15, 0.2) is 18.2 Å². The van der Waals surface area contributed by atoms with Crippen LogP contribution in [0.5, 0.6) is 5.75 Å². The van der Waals surface area contributed by atoms with Crippen molar-refractivity contribution < 1.29 is 14.6 Å². The standard InChI is InChI=1S/C15H20O3/c1-3-15(17,4-2)14(16)12-9-5-7-11-8-6-10-18-13(11)12/h5,7,9,17H,3-4,6,8,10H2,1-2H3. The largest absolute Gasteiger partial charge is 0.493 e. The molecule has 0 aromatic heterocycles. The highest BCUT2D eigenvalue weighted by molar-refractivity contribution is 6.04. The van der Waals surface area contributed by atoms with Crippen LogP contribution in [0, 0.1) is 0 Å². The first-order valence-corrected chi connectivity index (χ1v) is 6.64. The molecule has 0 spiro atoms. The molecule has 3 heteroatoms. The minimum absolute atomic E-state index is 0.216. The minimum Gasteiger partial charge on any atom is -0.493 e. The fourth-order valence-corrected chi connectivity index (χ4v) is 2.39. The van der Waals surface area contributed by atoms with Crippen molar-refractivity contribution in [3.05, 3.63) is 29.3 Å². The highest BCUT2D eigenvalue weighted by Gasteiger charge is 2.35. The fourth-order valence-electron chi connectivity index (χ4n) is 2.39. The van der Waals surface area contributed by atoms with Crippen LogP contribution in [-0.4, -0.2) is 23.1 Å². The van der Waals surface area contributed by atoms with Gasteiger partial charge in [-0.15, -0.1) is 0 Å². The Morgan fingerprint density at radius 3 is 2.78 bits per heavy atom. The van der Waals surface area contributed by atoms with E-state index in [0.717, 1.165) is 18.4 Å². The number of aryl methyl sites for hydroxylation is 1. The second-order valence-corrected chi connectivity index (χ2v) is 4.81. The summed E-state index contributed by atoms with van der Waals surface area (Å²) >= 11 is 0. The van der Waals surface area contributed by atoms with Gasteiger partial charge in [0.25, 0.3) is 0 Å². The Hall–Kier alpha value is -1.35. The Bertz CT molecular complexity index is 447. The van der Waals surface area contributed by atoms with Gasteiger partial charge in [0.15, 0.2) is 5.78 Å². The maximum absolute atomic E-state index is 12.5. The number of para-hydroxylation sites is 1. The number of hydrogen-bond donors (Lipinski definition) is 1. The summed E-state index contributed by atoms with van der Waals surface area (Å²) in [6, 6.07) is 5.61. The second-order valence-electron chi connectivity index (χ2n) is 4.81. The third kappa shape index (κ3) is 2.15. The lowest BCUT2D eigenvalue weighted by atomic mass is 9.86. The molecule has 1 aliphatic rings. The Morgan fingerprint density at radius 2 is 2.11 bits per heavy atom. The molecule has 0 saturated heterocycles. The SMILES string of the molecule is CCC(O)(CC)C(=O)c1cccc2c1OCCC2. The normalized spacial score (nSPS) is 14.8. The van der Waals surface area contributed by atoms with Crippen molar-refractivity contribution >= 4 is 5.78 Å². The minimum atomic E-state index is -1.27. The zero-order valence-corrected chi connectivity index (χ0v) is 11.0. The lowest BCUT2D eigenvalue weighted by molar-refractivity contribution is 0.0273. The molecule has 1 N–H and O–H groups in total. The van der Waals surface area contributed by atoms with Crippen LogP contribution in [0.25, 0.3) is 0 Å². The van der Waals surface area contributed by atoms with E-state index in [0.29, 0.717) is 30.8 Å². The first kappa shape index (κ1) is 13.1. The van der Waals surface area contributed by atoms with Crippen LogP contribution in [0.2, 0.25) is 0 Å². The van der Waals surface area contributed by atoms with E-state index in [-0.39, 0.29) is 5.78 Å². The molecule has 1 heterocycles. The lowest BCUT2D eigenvalue weighted by Gasteiger charge is -2.26. The molecule has 3 nitrogen and oxygen atoms in total. The quantitative estimate of drug-likeness (QED) is 0.833. The summed E-state index contributed by atoms with van der Waals surface area (Å²) < 4.78 is 5.63. The number of fused-ring (bicyclic) bond motifs is 1. The number of ether oxygens (including phenoxy) is 1. The van der Waals surface area contributed by atoms with Gasteiger partial charge in [0.1, 0.15) is 11.4 Å².